The Morgan fingerprint density at radius 3 is 2.54 bits per heavy atom. The van der Waals surface area contributed by atoms with E-state index in [-0.39, 0.29) is 0 Å². The first kappa shape index (κ1) is 9.25. The Hall–Kier alpha value is -0.310. The first-order chi connectivity index (χ1) is 6.27. The molecule has 0 aromatic rings. The normalized spacial score (nSPS) is 28.7. The van der Waals surface area contributed by atoms with Crippen LogP contribution >= 0.6 is 12.2 Å². The van der Waals surface area contributed by atoms with Gasteiger partial charge >= 0.3 is 0 Å². The summed E-state index contributed by atoms with van der Waals surface area (Å²) >= 11 is 5.38. The van der Waals surface area contributed by atoms with Crippen LogP contribution in [0, 0.1) is 0 Å². The Labute approximate surface area is 85.7 Å². The van der Waals surface area contributed by atoms with E-state index in [0.29, 0.717) is 12.1 Å². The van der Waals surface area contributed by atoms with Gasteiger partial charge in [0.05, 0.1) is 0 Å². The van der Waals surface area contributed by atoms with Crippen LogP contribution < -0.4 is 5.32 Å². The average Bonchev–Trinajstić information content (AvgIpc) is 2.43. The van der Waals surface area contributed by atoms with Gasteiger partial charge in [-0.2, -0.15) is 0 Å². The average molecular weight is 198 g/mol. The fraction of sp³-hybridized carbons (Fsp3) is 0.900. The Bertz CT molecular complexity index is 201. The summed E-state index contributed by atoms with van der Waals surface area (Å²) in [5.74, 6) is 0. The third-order valence-corrected chi connectivity index (χ3v) is 3.60. The van der Waals surface area contributed by atoms with Gasteiger partial charge in [-0.05, 0) is 51.2 Å². The Morgan fingerprint density at radius 1 is 1.31 bits per heavy atom. The number of nitrogens with zero attached hydrogens (tertiary/aromatic N) is 1. The van der Waals surface area contributed by atoms with Gasteiger partial charge < -0.3 is 10.2 Å². The van der Waals surface area contributed by atoms with Crippen molar-refractivity contribution >= 4 is 17.3 Å². The standard InChI is InChI=1S/C10H18N2S/c1-8-4-3-7-12(8)10(13)11-9-5-2-6-9/h8-9H,2-7H2,1H3,(H,11,13). The van der Waals surface area contributed by atoms with Crippen LogP contribution in [0.1, 0.15) is 39.0 Å². The summed E-state index contributed by atoms with van der Waals surface area (Å²) in [6.07, 6.45) is 6.58. The Balaban J connectivity index is 1.81. The van der Waals surface area contributed by atoms with E-state index in [0.717, 1.165) is 11.7 Å². The fourth-order valence-corrected chi connectivity index (χ4v) is 2.48. The smallest absolute Gasteiger partial charge is 0.169 e. The lowest BCUT2D eigenvalue weighted by Crippen LogP contribution is -2.48. The summed E-state index contributed by atoms with van der Waals surface area (Å²) in [7, 11) is 0. The summed E-state index contributed by atoms with van der Waals surface area (Å²) in [6, 6.07) is 1.33. The molecule has 2 nitrogen and oxygen atoms in total. The van der Waals surface area contributed by atoms with Crippen LogP contribution in [0.5, 0.6) is 0 Å². The summed E-state index contributed by atoms with van der Waals surface area (Å²) in [4.78, 5) is 2.34. The third-order valence-electron chi connectivity index (χ3n) is 3.25. The molecule has 1 atom stereocenters. The highest BCUT2D eigenvalue weighted by Gasteiger charge is 2.25. The first-order valence-electron chi connectivity index (χ1n) is 5.34. The topological polar surface area (TPSA) is 15.3 Å². The highest BCUT2D eigenvalue weighted by molar-refractivity contribution is 7.80. The van der Waals surface area contributed by atoms with Crippen LogP contribution in [0.4, 0.5) is 0 Å². The van der Waals surface area contributed by atoms with Crippen LogP contribution in [0.25, 0.3) is 0 Å². The molecule has 2 rings (SSSR count). The molecule has 2 fully saturated rings. The molecule has 0 radical (unpaired) electrons. The van der Waals surface area contributed by atoms with Gasteiger partial charge in [-0.25, -0.2) is 0 Å². The quantitative estimate of drug-likeness (QED) is 0.648. The van der Waals surface area contributed by atoms with Gasteiger partial charge in [-0.15, -0.1) is 0 Å². The molecular formula is C10H18N2S. The lowest BCUT2D eigenvalue weighted by Gasteiger charge is -2.32. The van der Waals surface area contributed by atoms with Gasteiger partial charge in [-0.3, -0.25) is 0 Å². The van der Waals surface area contributed by atoms with Crippen molar-refractivity contribution in [1.29, 1.82) is 0 Å². The second-order valence-electron chi connectivity index (χ2n) is 4.26. The monoisotopic (exact) mass is 198 g/mol. The molecule has 13 heavy (non-hydrogen) atoms. The van der Waals surface area contributed by atoms with Crippen molar-refractivity contribution in [1.82, 2.24) is 10.2 Å². The van der Waals surface area contributed by atoms with Crippen molar-refractivity contribution in [2.24, 2.45) is 0 Å². The molecule has 1 N–H and O–H groups in total. The first-order valence-corrected chi connectivity index (χ1v) is 5.75. The van der Waals surface area contributed by atoms with Gasteiger partial charge in [0, 0.05) is 18.6 Å². The van der Waals surface area contributed by atoms with E-state index in [1.54, 1.807) is 0 Å². The largest absolute Gasteiger partial charge is 0.360 e. The molecule has 1 saturated heterocycles. The molecule has 0 amide bonds. The predicted octanol–water partition coefficient (Wildman–Crippen LogP) is 1.90. The molecule has 1 saturated carbocycles. The zero-order valence-corrected chi connectivity index (χ0v) is 9.07. The van der Waals surface area contributed by atoms with Crippen LogP contribution in [-0.4, -0.2) is 28.6 Å². The molecular weight excluding hydrogens is 180 g/mol. The zero-order chi connectivity index (χ0) is 9.26. The fourth-order valence-electron chi connectivity index (χ4n) is 2.05. The minimum atomic E-state index is 0.653. The van der Waals surface area contributed by atoms with E-state index >= 15 is 0 Å². The maximum absolute atomic E-state index is 5.38. The predicted molar refractivity (Wildman–Crippen MR) is 58.8 cm³/mol. The van der Waals surface area contributed by atoms with E-state index in [1.807, 2.05) is 0 Å². The molecule has 1 aliphatic heterocycles. The van der Waals surface area contributed by atoms with E-state index in [9.17, 15) is 0 Å². The second-order valence-corrected chi connectivity index (χ2v) is 4.65. The van der Waals surface area contributed by atoms with Gasteiger partial charge in [0.15, 0.2) is 5.11 Å². The third kappa shape index (κ3) is 1.96. The van der Waals surface area contributed by atoms with Gasteiger partial charge in [0.2, 0.25) is 0 Å². The summed E-state index contributed by atoms with van der Waals surface area (Å²) in [5, 5.41) is 4.44. The molecule has 3 heteroatoms. The maximum atomic E-state index is 5.38. The van der Waals surface area contributed by atoms with E-state index in [4.69, 9.17) is 12.2 Å². The molecule has 74 valence electrons. The van der Waals surface area contributed by atoms with Crippen molar-refractivity contribution in [3.05, 3.63) is 0 Å². The minimum Gasteiger partial charge on any atom is -0.360 e. The second kappa shape index (κ2) is 3.82. The molecule has 1 heterocycles. The van der Waals surface area contributed by atoms with Crippen LogP contribution in [0.2, 0.25) is 0 Å². The van der Waals surface area contributed by atoms with Gasteiger partial charge in [-0.1, -0.05) is 0 Å². The van der Waals surface area contributed by atoms with Crippen molar-refractivity contribution in [3.8, 4) is 0 Å². The lowest BCUT2D eigenvalue weighted by molar-refractivity contribution is 0.348. The molecule has 1 unspecified atom stereocenters. The number of thiocarbonyl (C=S) groups is 1. The molecule has 0 aromatic heterocycles. The van der Waals surface area contributed by atoms with Crippen molar-refractivity contribution in [2.75, 3.05) is 6.54 Å². The Kier molecular flexibility index (Phi) is 2.72. The Morgan fingerprint density at radius 2 is 2.08 bits per heavy atom. The van der Waals surface area contributed by atoms with Crippen molar-refractivity contribution in [3.63, 3.8) is 0 Å². The zero-order valence-electron chi connectivity index (χ0n) is 8.25. The van der Waals surface area contributed by atoms with Crippen molar-refractivity contribution in [2.45, 2.75) is 51.1 Å². The minimum absolute atomic E-state index is 0.653. The number of likely N-dealkylation sites (tertiary alicyclic amines) is 1. The van der Waals surface area contributed by atoms with Crippen LogP contribution in [0.3, 0.4) is 0 Å². The highest BCUT2D eigenvalue weighted by Crippen LogP contribution is 2.21. The lowest BCUT2D eigenvalue weighted by atomic mass is 9.93. The summed E-state index contributed by atoms with van der Waals surface area (Å²) in [6.45, 7) is 3.42. The maximum Gasteiger partial charge on any atom is 0.169 e. The van der Waals surface area contributed by atoms with Crippen molar-refractivity contribution < 1.29 is 0 Å². The molecule has 0 spiro atoms. The van der Waals surface area contributed by atoms with Gasteiger partial charge in [0.1, 0.15) is 0 Å². The molecule has 0 bridgehead atoms. The summed E-state index contributed by atoms with van der Waals surface area (Å²) in [5.41, 5.74) is 0. The highest BCUT2D eigenvalue weighted by atomic mass is 32.1. The molecule has 1 aliphatic carbocycles. The number of hydrogen-bond donors (Lipinski definition) is 1. The van der Waals surface area contributed by atoms with E-state index < -0.39 is 0 Å². The van der Waals surface area contributed by atoms with Crippen LogP contribution in [-0.2, 0) is 0 Å². The van der Waals surface area contributed by atoms with E-state index in [1.165, 1.54) is 32.1 Å². The molecule has 0 aromatic carbocycles. The number of nitrogens with one attached hydrogen (secondary N) is 1. The van der Waals surface area contributed by atoms with Crippen LogP contribution in [0.15, 0.2) is 0 Å². The number of rotatable bonds is 1. The summed E-state index contributed by atoms with van der Waals surface area (Å²) < 4.78 is 0. The van der Waals surface area contributed by atoms with Gasteiger partial charge in [0.25, 0.3) is 0 Å². The molecule has 2 aliphatic rings. The number of hydrogen-bond acceptors (Lipinski definition) is 1. The van der Waals surface area contributed by atoms with E-state index in [2.05, 4.69) is 17.1 Å². The SMILES string of the molecule is CC1CCCN1C(=S)NC1CCC1.